The molecule has 2 rings (SSSR count). The third-order valence-electron chi connectivity index (χ3n) is 2.97. The van der Waals surface area contributed by atoms with Gasteiger partial charge in [-0.05, 0) is 25.1 Å². The normalized spacial score (nSPS) is 11.9. The summed E-state index contributed by atoms with van der Waals surface area (Å²) in [5.74, 6) is 1.47. The summed E-state index contributed by atoms with van der Waals surface area (Å²) < 4.78 is 7.51. The van der Waals surface area contributed by atoms with Gasteiger partial charge in [0.1, 0.15) is 17.7 Å². The van der Waals surface area contributed by atoms with Crippen LogP contribution in [0.15, 0.2) is 18.3 Å². The molecule has 0 aliphatic heterocycles. The Morgan fingerprint density at radius 3 is 2.67 bits per heavy atom. The molecule has 0 bridgehead atoms. The molecular weight excluding hydrogens is 304 g/mol. The maximum Gasteiger partial charge on any atom is 0.162 e. The Labute approximate surface area is 131 Å². The highest BCUT2D eigenvalue weighted by Crippen LogP contribution is 2.18. The molecule has 21 heavy (non-hydrogen) atoms. The first-order valence-electron chi connectivity index (χ1n) is 6.96. The number of nitrogens with zero attached hydrogens (tertiary/aromatic N) is 4. The summed E-state index contributed by atoms with van der Waals surface area (Å²) in [4.78, 5) is 8.52. The number of hydrogen-bond acceptors (Lipinski definition) is 4. The quantitative estimate of drug-likeness (QED) is 0.462. The minimum absolute atomic E-state index is 0.406. The summed E-state index contributed by atoms with van der Waals surface area (Å²) in [5.41, 5.74) is 0.883. The fraction of sp³-hybridized carbons (Fsp3) is 0.500. The van der Waals surface area contributed by atoms with Crippen LogP contribution in [0.5, 0.6) is 0 Å². The van der Waals surface area contributed by atoms with Crippen molar-refractivity contribution >= 4 is 19.7 Å². The predicted octanol–water partition coefficient (Wildman–Crippen LogP) is 3.61. The van der Waals surface area contributed by atoms with Crippen LogP contribution in [0.3, 0.4) is 0 Å². The second-order valence-corrected chi connectivity index (χ2v) is 12.2. The molecule has 0 aliphatic carbocycles. The molecule has 0 saturated heterocycles. The Morgan fingerprint density at radius 2 is 2.05 bits per heavy atom. The van der Waals surface area contributed by atoms with Crippen LogP contribution >= 0.6 is 11.6 Å². The molecule has 0 N–H and O–H groups in total. The van der Waals surface area contributed by atoms with E-state index in [1.165, 1.54) is 0 Å². The van der Waals surface area contributed by atoms with Gasteiger partial charge in [0, 0.05) is 26.4 Å². The summed E-state index contributed by atoms with van der Waals surface area (Å²) >= 11 is 5.81. The molecule has 0 amide bonds. The zero-order valence-electron chi connectivity index (χ0n) is 12.9. The van der Waals surface area contributed by atoms with E-state index in [1.54, 1.807) is 16.9 Å². The van der Waals surface area contributed by atoms with Gasteiger partial charge in [-0.2, -0.15) is 5.10 Å². The van der Waals surface area contributed by atoms with Gasteiger partial charge in [-0.3, -0.25) is 0 Å². The minimum Gasteiger partial charge on any atom is -0.359 e. The van der Waals surface area contributed by atoms with Crippen molar-refractivity contribution in [2.24, 2.45) is 0 Å². The maximum absolute atomic E-state index is 5.81. The first-order chi connectivity index (χ1) is 9.85. The standard InChI is InChI=1S/C14H21ClN4OSi/c1-11-17-14(12-5-6-13(15)16-9-12)19(18-11)10-20-7-8-21(2,3)4/h5-6,9H,7-8,10H2,1-4H3. The molecule has 2 heterocycles. The summed E-state index contributed by atoms with van der Waals surface area (Å²) in [6.07, 6.45) is 1.70. The number of pyridine rings is 1. The van der Waals surface area contributed by atoms with E-state index in [-0.39, 0.29) is 0 Å². The van der Waals surface area contributed by atoms with Crippen LogP contribution in [0.4, 0.5) is 0 Å². The molecular formula is C14H21ClN4OSi. The molecule has 0 radical (unpaired) electrons. The van der Waals surface area contributed by atoms with Crippen molar-refractivity contribution < 1.29 is 4.74 Å². The number of ether oxygens (including phenoxy) is 1. The van der Waals surface area contributed by atoms with Crippen molar-refractivity contribution in [3.05, 3.63) is 29.3 Å². The van der Waals surface area contributed by atoms with E-state index < -0.39 is 8.07 Å². The lowest BCUT2D eigenvalue weighted by Gasteiger charge is -2.15. The van der Waals surface area contributed by atoms with Crippen molar-refractivity contribution in [1.29, 1.82) is 0 Å². The zero-order valence-corrected chi connectivity index (χ0v) is 14.7. The van der Waals surface area contributed by atoms with Gasteiger partial charge in [0.05, 0.1) is 0 Å². The Hall–Kier alpha value is -1.24. The van der Waals surface area contributed by atoms with Crippen molar-refractivity contribution in [3.8, 4) is 11.4 Å². The first kappa shape index (κ1) is 16.1. The van der Waals surface area contributed by atoms with E-state index in [0.717, 1.165) is 24.0 Å². The van der Waals surface area contributed by atoms with Gasteiger partial charge < -0.3 is 4.74 Å². The summed E-state index contributed by atoms with van der Waals surface area (Å²) in [6, 6.07) is 4.77. The molecule has 0 aromatic carbocycles. The predicted molar refractivity (Wildman–Crippen MR) is 87.1 cm³/mol. The summed E-state index contributed by atoms with van der Waals surface area (Å²) in [5, 5.41) is 4.84. The third-order valence-corrected chi connectivity index (χ3v) is 4.90. The molecule has 0 saturated carbocycles. The smallest absolute Gasteiger partial charge is 0.162 e. The Bertz CT molecular complexity index is 592. The van der Waals surface area contributed by atoms with Crippen molar-refractivity contribution in [2.45, 2.75) is 39.3 Å². The number of aryl methyl sites for hydroxylation is 1. The lowest BCUT2D eigenvalue weighted by molar-refractivity contribution is 0.0794. The van der Waals surface area contributed by atoms with Crippen LogP contribution in [0, 0.1) is 6.92 Å². The van der Waals surface area contributed by atoms with Crippen LogP contribution in [-0.4, -0.2) is 34.4 Å². The van der Waals surface area contributed by atoms with Gasteiger partial charge in [-0.25, -0.2) is 14.6 Å². The molecule has 5 nitrogen and oxygen atoms in total. The molecule has 7 heteroatoms. The lowest BCUT2D eigenvalue weighted by Crippen LogP contribution is -2.22. The van der Waals surface area contributed by atoms with E-state index in [4.69, 9.17) is 16.3 Å². The van der Waals surface area contributed by atoms with Gasteiger partial charge in [-0.1, -0.05) is 31.2 Å². The van der Waals surface area contributed by atoms with E-state index >= 15 is 0 Å². The maximum atomic E-state index is 5.81. The van der Waals surface area contributed by atoms with Crippen LogP contribution in [-0.2, 0) is 11.5 Å². The molecule has 0 atom stereocenters. The Morgan fingerprint density at radius 1 is 1.29 bits per heavy atom. The van der Waals surface area contributed by atoms with Gasteiger partial charge >= 0.3 is 0 Å². The largest absolute Gasteiger partial charge is 0.359 e. The second-order valence-electron chi connectivity index (χ2n) is 6.20. The lowest BCUT2D eigenvalue weighted by atomic mass is 10.3. The van der Waals surface area contributed by atoms with Crippen LogP contribution < -0.4 is 0 Å². The number of aromatic nitrogens is 4. The Kier molecular flexibility index (Phi) is 5.13. The highest BCUT2D eigenvalue weighted by molar-refractivity contribution is 6.76. The monoisotopic (exact) mass is 324 g/mol. The van der Waals surface area contributed by atoms with E-state index in [0.29, 0.717) is 17.7 Å². The van der Waals surface area contributed by atoms with Crippen LogP contribution in [0.25, 0.3) is 11.4 Å². The van der Waals surface area contributed by atoms with Crippen LogP contribution in [0.2, 0.25) is 30.8 Å². The second kappa shape index (κ2) is 6.68. The molecule has 2 aromatic rings. The van der Waals surface area contributed by atoms with Gasteiger partial charge in [0.25, 0.3) is 0 Å². The molecule has 0 spiro atoms. The highest BCUT2D eigenvalue weighted by atomic mass is 35.5. The topological polar surface area (TPSA) is 52.8 Å². The van der Waals surface area contributed by atoms with Crippen molar-refractivity contribution in [1.82, 2.24) is 19.7 Å². The summed E-state index contributed by atoms with van der Waals surface area (Å²) in [7, 11) is -1.07. The molecule has 0 aliphatic rings. The minimum atomic E-state index is -1.07. The van der Waals surface area contributed by atoms with Crippen molar-refractivity contribution in [3.63, 3.8) is 0 Å². The zero-order chi connectivity index (χ0) is 15.5. The molecule has 0 unspecified atom stereocenters. The molecule has 114 valence electrons. The van der Waals surface area contributed by atoms with Gasteiger partial charge in [0.2, 0.25) is 0 Å². The first-order valence-corrected chi connectivity index (χ1v) is 11.0. The van der Waals surface area contributed by atoms with Gasteiger partial charge in [0.15, 0.2) is 5.82 Å². The Balaban J connectivity index is 2.05. The molecule has 0 fully saturated rings. The highest BCUT2D eigenvalue weighted by Gasteiger charge is 2.13. The fourth-order valence-electron chi connectivity index (χ4n) is 1.80. The van der Waals surface area contributed by atoms with E-state index in [2.05, 4.69) is 34.7 Å². The summed E-state index contributed by atoms with van der Waals surface area (Å²) in [6.45, 7) is 10.0. The molecule has 2 aromatic heterocycles. The average Bonchev–Trinajstić information content (AvgIpc) is 2.76. The SMILES string of the molecule is Cc1nc(-c2ccc(Cl)nc2)n(COCC[Si](C)(C)C)n1. The van der Waals surface area contributed by atoms with E-state index in [9.17, 15) is 0 Å². The average molecular weight is 325 g/mol. The van der Waals surface area contributed by atoms with Crippen molar-refractivity contribution in [2.75, 3.05) is 6.61 Å². The number of halogens is 1. The number of rotatable bonds is 6. The van der Waals surface area contributed by atoms with Crippen LogP contribution in [0.1, 0.15) is 5.82 Å². The third kappa shape index (κ3) is 4.91. The van der Waals surface area contributed by atoms with E-state index in [1.807, 2.05) is 13.0 Å². The van der Waals surface area contributed by atoms with Gasteiger partial charge in [-0.15, -0.1) is 0 Å². The number of hydrogen-bond donors (Lipinski definition) is 0. The fourth-order valence-corrected chi connectivity index (χ4v) is 2.66.